The van der Waals surface area contributed by atoms with Crippen LogP contribution in [0.25, 0.3) is 10.9 Å². The SMILES string of the molecule is CCc1cc2c(cc1CC)CC(NC[C@H](O)c1ccc(O)c3[nH]c(=O)ccc13)C2.O=C(C[N+]12CCC(CC1)[C@@H](OC(=O)C1(c3ccccc3)CCCCCC1)C2)Nc1ccccn1.[Br-]. The summed E-state index contributed by atoms with van der Waals surface area (Å²) in [5, 5.41) is 27.9. The van der Waals surface area contributed by atoms with E-state index in [2.05, 4.69) is 58.7 Å². The Morgan fingerprint density at radius 3 is 2.20 bits per heavy atom. The van der Waals surface area contributed by atoms with Crippen LogP contribution in [0, 0.1) is 5.92 Å². The molecule has 3 aliphatic heterocycles. The molecule has 2 aliphatic carbocycles. The van der Waals surface area contributed by atoms with E-state index in [0.29, 0.717) is 51.8 Å². The molecule has 2 bridgehead atoms. The highest BCUT2D eigenvalue weighted by molar-refractivity contribution is 5.90. The van der Waals surface area contributed by atoms with Gasteiger partial charge in [-0.15, -0.1) is 0 Å². The predicted molar refractivity (Wildman–Crippen MR) is 247 cm³/mol. The summed E-state index contributed by atoms with van der Waals surface area (Å²) in [6.07, 6.45) is 13.1. The number of nitrogens with zero attached hydrogens (tertiary/aromatic N) is 2. The smallest absolute Gasteiger partial charge is 0.317 e. The van der Waals surface area contributed by atoms with E-state index >= 15 is 0 Å². The molecule has 10 rings (SSSR count). The van der Waals surface area contributed by atoms with Gasteiger partial charge < -0.3 is 52.0 Å². The second-order valence-corrected chi connectivity index (χ2v) is 18.4. The number of fused-ring (bicyclic) bond motifs is 5. The molecule has 1 amide bonds. The molecule has 3 saturated heterocycles. The number of aromatic hydroxyl groups is 1. The highest BCUT2D eigenvalue weighted by atomic mass is 79.9. The Kier molecular flexibility index (Phi) is 15.4. The van der Waals surface area contributed by atoms with E-state index < -0.39 is 11.5 Å². The molecule has 1 saturated carbocycles. The maximum absolute atomic E-state index is 13.9. The minimum absolute atomic E-state index is 0. The number of nitrogens with one attached hydrogen (secondary N) is 3. The summed E-state index contributed by atoms with van der Waals surface area (Å²) in [5.41, 5.74) is 7.05. The Morgan fingerprint density at radius 2 is 1.56 bits per heavy atom. The van der Waals surface area contributed by atoms with E-state index in [0.717, 1.165) is 89.4 Å². The molecule has 5 N–H and O–H groups in total. The highest BCUT2D eigenvalue weighted by Crippen LogP contribution is 2.42. The van der Waals surface area contributed by atoms with Gasteiger partial charge in [-0.05, 0) is 96.2 Å². The lowest BCUT2D eigenvalue weighted by atomic mass is 9.74. The lowest BCUT2D eigenvalue weighted by molar-refractivity contribution is -0.939. The van der Waals surface area contributed by atoms with Crippen molar-refractivity contribution in [3.8, 4) is 5.75 Å². The zero-order valence-corrected chi connectivity index (χ0v) is 38.9. The highest BCUT2D eigenvalue weighted by Gasteiger charge is 2.51. The monoisotopic (exact) mass is 933 g/mol. The molecule has 64 heavy (non-hydrogen) atoms. The first-order valence-corrected chi connectivity index (χ1v) is 23.3. The molecule has 5 aromatic rings. The van der Waals surface area contributed by atoms with E-state index in [1.165, 1.54) is 47.2 Å². The van der Waals surface area contributed by atoms with Crippen LogP contribution in [-0.2, 0) is 45.4 Å². The van der Waals surface area contributed by atoms with Crippen LogP contribution in [0.3, 0.4) is 0 Å². The second-order valence-electron chi connectivity index (χ2n) is 18.4. The van der Waals surface area contributed by atoms with E-state index in [1.54, 1.807) is 24.4 Å². The fourth-order valence-electron chi connectivity index (χ4n) is 11.0. The summed E-state index contributed by atoms with van der Waals surface area (Å²) in [6, 6.07) is 27.1. The largest absolute Gasteiger partial charge is 1.00 e. The Balaban J connectivity index is 0.000000191. The number of pyridine rings is 2. The fourth-order valence-corrected chi connectivity index (χ4v) is 11.0. The van der Waals surface area contributed by atoms with Crippen molar-refractivity contribution in [1.82, 2.24) is 15.3 Å². The van der Waals surface area contributed by atoms with E-state index in [9.17, 15) is 24.6 Å². The van der Waals surface area contributed by atoms with Gasteiger partial charge in [0.15, 0.2) is 12.6 Å². The number of quaternary nitrogens is 1. The van der Waals surface area contributed by atoms with Gasteiger partial charge in [-0.2, -0.15) is 0 Å². The van der Waals surface area contributed by atoms with Gasteiger partial charge in [0.05, 0.1) is 30.1 Å². The van der Waals surface area contributed by atoms with Crippen molar-refractivity contribution in [2.75, 3.05) is 38.0 Å². The number of carbonyl (C=O) groups is 2. The van der Waals surface area contributed by atoms with Crippen LogP contribution in [0.5, 0.6) is 5.75 Å². The van der Waals surface area contributed by atoms with Crippen LogP contribution in [-0.4, -0.2) is 81.4 Å². The molecule has 12 heteroatoms. The summed E-state index contributed by atoms with van der Waals surface area (Å²) in [4.78, 5) is 45.1. The third kappa shape index (κ3) is 10.5. The topological polar surface area (TPSA) is 154 Å². The van der Waals surface area contributed by atoms with Gasteiger partial charge in [0.1, 0.15) is 18.1 Å². The number of hydrogen-bond donors (Lipinski definition) is 5. The fraction of sp³-hybridized carbons (Fsp3) is 0.462. The molecule has 0 spiro atoms. The van der Waals surface area contributed by atoms with Crippen molar-refractivity contribution in [1.29, 1.82) is 0 Å². The normalized spacial score (nSPS) is 21.7. The Bertz CT molecular complexity index is 2400. The van der Waals surface area contributed by atoms with Crippen LogP contribution in [0.2, 0.25) is 0 Å². The van der Waals surface area contributed by atoms with E-state index in [-0.39, 0.29) is 46.3 Å². The molecule has 2 aromatic heterocycles. The average Bonchev–Trinajstić information content (AvgIpc) is 3.53. The van der Waals surface area contributed by atoms with Crippen LogP contribution >= 0.6 is 0 Å². The molecular weight excluding hydrogens is 871 g/mol. The second kappa shape index (κ2) is 21.0. The number of piperidine rings is 3. The van der Waals surface area contributed by atoms with Crippen LogP contribution in [0.4, 0.5) is 5.82 Å². The molecule has 0 radical (unpaired) electrons. The summed E-state index contributed by atoms with van der Waals surface area (Å²) in [7, 11) is 0. The van der Waals surface area contributed by atoms with Gasteiger partial charge in [-0.25, -0.2) is 4.98 Å². The number of phenols is 1. The van der Waals surface area contributed by atoms with Gasteiger partial charge in [0.2, 0.25) is 5.56 Å². The number of hydrogen-bond acceptors (Lipinski definition) is 8. The van der Waals surface area contributed by atoms with E-state index in [1.807, 2.05) is 30.3 Å². The van der Waals surface area contributed by atoms with Gasteiger partial charge in [-0.1, -0.05) is 94.1 Å². The number of halogens is 1. The number of amides is 1. The van der Waals surface area contributed by atoms with Crippen molar-refractivity contribution in [2.45, 2.75) is 115 Å². The number of ether oxygens (including phenoxy) is 1. The Labute approximate surface area is 387 Å². The van der Waals surface area contributed by atoms with Crippen LogP contribution in [0.1, 0.15) is 105 Å². The summed E-state index contributed by atoms with van der Waals surface area (Å²) in [6.45, 7) is 7.90. The number of carbonyl (C=O) groups excluding carboxylic acids is 2. The molecule has 3 aromatic carbocycles. The third-order valence-electron chi connectivity index (χ3n) is 14.5. The summed E-state index contributed by atoms with van der Waals surface area (Å²) < 4.78 is 7.10. The number of rotatable bonds is 12. The van der Waals surface area contributed by atoms with Crippen molar-refractivity contribution in [3.05, 3.63) is 135 Å². The maximum Gasteiger partial charge on any atom is 0.317 e. The Morgan fingerprint density at radius 1 is 0.891 bits per heavy atom. The predicted octanol–water partition coefficient (Wildman–Crippen LogP) is 4.62. The first-order valence-electron chi connectivity index (χ1n) is 23.3. The summed E-state index contributed by atoms with van der Waals surface area (Å²) in [5.74, 6) is 0.926. The van der Waals surface area contributed by atoms with Crippen molar-refractivity contribution < 1.29 is 46.0 Å². The molecule has 4 fully saturated rings. The van der Waals surface area contributed by atoms with Gasteiger partial charge in [0.25, 0.3) is 5.91 Å². The number of aromatic nitrogens is 2. The van der Waals surface area contributed by atoms with Gasteiger partial charge >= 0.3 is 5.97 Å². The van der Waals surface area contributed by atoms with Crippen LogP contribution in [0.15, 0.2) is 95.9 Å². The zero-order chi connectivity index (χ0) is 44.0. The van der Waals surface area contributed by atoms with Crippen molar-refractivity contribution >= 4 is 28.6 Å². The lowest BCUT2D eigenvalue weighted by Crippen LogP contribution is -3.00. The minimum atomic E-state index is -0.731. The van der Waals surface area contributed by atoms with Gasteiger partial charge in [0, 0.05) is 49.0 Å². The lowest BCUT2D eigenvalue weighted by Gasteiger charge is -2.52. The number of aliphatic hydroxyl groups excluding tert-OH is 1. The Hall–Kier alpha value is -4.88. The summed E-state index contributed by atoms with van der Waals surface area (Å²) >= 11 is 0. The molecule has 5 aliphatic rings. The number of benzene rings is 3. The number of phenolic OH excluding ortho intramolecular Hbond substituents is 1. The number of aliphatic hydroxyl groups is 1. The number of aromatic amines is 1. The average molecular weight is 935 g/mol. The maximum atomic E-state index is 13.9. The first kappa shape index (κ1) is 47.1. The molecule has 340 valence electrons. The molecule has 2 atom stereocenters. The number of anilines is 1. The third-order valence-corrected chi connectivity index (χ3v) is 14.5. The molecule has 11 nitrogen and oxygen atoms in total. The van der Waals surface area contributed by atoms with Crippen LogP contribution < -0.4 is 33.2 Å². The van der Waals surface area contributed by atoms with Gasteiger partial charge in [-0.3, -0.25) is 14.4 Å². The number of aryl methyl sites for hydroxylation is 2. The first-order chi connectivity index (χ1) is 30.6. The zero-order valence-electron chi connectivity index (χ0n) is 37.3. The van der Waals surface area contributed by atoms with Crippen molar-refractivity contribution in [3.63, 3.8) is 0 Å². The minimum Gasteiger partial charge on any atom is -1.00 e. The number of esters is 1. The molecule has 0 unspecified atom stereocenters. The van der Waals surface area contributed by atoms with E-state index in [4.69, 9.17) is 4.74 Å². The molecular formula is C52H64BrN5O6. The molecule has 5 heterocycles. The quantitative estimate of drug-likeness (QED) is 0.0691. The number of H-pyrrole nitrogens is 1. The standard InChI is InChI=1S/C28H35N3O3.C24H28N2O3.BrH/c32-26(30-25-12-6-9-17-29-25)21-31-18-13-22(14-19-31)24(20-31)34-27(33)28(15-7-1-2-8-16-28)23-10-4-3-5-11-23;1-3-14-9-16-11-18(12-17(16)10-15(14)4-2)25-13-22(28)19-5-7-21(27)24-20(19)6-8-23(29)26-24;/h3-6,9-12,17,22,24H,1-2,7-8,13-16,18-21H2;5-10,18,22,25,27-28H,3-4,11-13H2,1-2H3,(H,26,29);1H/t22?,24-,31?;22-;/m00./s1. The van der Waals surface area contributed by atoms with Crippen molar-refractivity contribution in [2.24, 2.45) is 5.92 Å².